The molecule has 90 valence electrons. The van der Waals surface area contributed by atoms with Crippen LogP contribution in [0.15, 0.2) is 16.9 Å². The van der Waals surface area contributed by atoms with Crippen molar-refractivity contribution in [3.05, 3.63) is 16.9 Å². The van der Waals surface area contributed by atoms with Crippen LogP contribution in [0.1, 0.15) is 0 Å². The molecule has 0 unspecified atom stereocenters. The normalized spacial score (nSPS) is 19.2. The first-order valence-electron chi connectivity index (χ1n) is 5.56. The maximum absolute atomic E-state index is 12.2. The number of hydrogen-bond donors (Lipinski definition) is 1. The molecule has 0 bridgehead atoms. The summed E-state index contributed by atoms with van der Waals surface area (Å²) in [6.07, 6.45) is 3.36. The van der Waals surface area contributed by atoms with Crippen LogP contribution < -0.4 is 15.0 Å². The van der Waals surface area contributed by atoms with Gasteiger partial charge in [-0.25, -0.2) is 0 Å². The quantitative estimate of drug-likeness (QED) is 0.833. The molecule has 1 amide bonds. The summed E-state index contributed by atoms with van der Waals surface area (Å²) in [6.45, 7) is 2.67. The number of anilines is 1. The van der Waals surface area contributed by atoms with Gasteiger partial charge in [0.2, 0.25) is 5.91 Å². The number of amides is 1. The number of pyridine rings is 1. The average molecular weight is 298 g/mol. The Hall–Kier alpha value is -1.14. The summed E-state index contributed by atoms with van der Waals surface area (Å²) in [6, 6.07) is 0. The summed E-state index contributed by atoms with van der Waals surface area (Å²) in [7, 11) is 0. The van der Waals surface area contributed by atoms with E-state index in [-0.39, 0.29) is 11.8 Å². The summed E-state index contributed by atoms with van der Waals surface area (Å²) in [5.74, 6) is 0.972. The number of hydrogen-bond acceptors (Lipinski definition) is 4. The van der Waals surface area contributed by atoms with Gasteiger partial charge in [-0.1, -0.05) is 0 Å². The predicted molar refractivity (Wildman–Crippen MR) is 66.1 cm³/mol. The standard InChI is InChI=1S/C11H12BrN3O2/c12-8-5-14-6-9-10(8)17-2-1-15(9)11(16)7-3-13-4-7/h5-7,13H,1-4H2. The largest absolute Gasteiger partial charge is 0.488 e. The van der Waals surface area contributed by atoms with Gasteiger partial charge in [-0.3, -0.25) is 9.78 Å². The first kappa shape index (κ1) is 11.0. The van der Waals surface area contributed by atoms with Crippen molar-refractivity contribution in [3.8, 4) is 5.75 Å². The van der Waals surface area contributed by atoms with Crippen LogP contribution in [0, 0.1) is 5.92 Å². The Morgan fingerprint density at radius 3 is 3.06 bits per heavy atom. The molecule has 0 aliphatic carbocycles. The molecular weight excluding hydrogens is 286 g/mol. The van der Waals surface area contributed by atoms with Gasteiger partial charge in [0.25, 0.3) is 0 Å². The third kappa shape index (κ3) is 1.81. The van der Waals surface area contributed by atoms with E-state index in [1.165, 1.54) is 0 Å². The summed E-state index contributed by atoms with van der Waals surface area (Å²) in [5, 5.41) is 3.11. The Kier molecular flexibility index (Phi) is 2.76. The molecule has 1 aromatic heterocycles. The van der Waals surface area contributed by atoms with E-state index < -0.39 is 0 Å². The van der Waals surface area contributed by atoms with Gasteiger partial charge in [-0.15, -0.1) is 0 Å². The van der Waals surface area contributed by atoms with Gasteiger partial charge in [0, 0.05) is 19.3 Å². The second-order valence-electron chi connectivity index (χ2n) is 4.16. The number of rotatable bonds is 1. The van der Waals surface area contributed by atoms with Crippen molar-refractivity contribution in [2.24, 2.45) is 5.92 Å². The van der Waals surface area contributed by atoms with Crippen LogP contribution in [0.4, 0.5) is 5.69 Å². The van der Waals surface area contributed by atoms with Crippen LogP contribution in [0.5, 0.6) is 5.75 Å². The van der Waals surface area contributed by atoms with Crippen LogP contribution in [-0.2, 0) is 4.79 Å². The van der Waals surface area contributed by atoms with E-state index in [4.69, 9.17) is 4.74 Å². The summed E-state index contributed by atoms with van der Waals surface area (Å²) < 4.78 is 6.36. The fourth-order valence-electron chi connectivity index (χ4n) is 2.02. The van der Waals surface area contributed by atoms with E-state index in [1.807, 2.05) is 0 Å². The van der Waals surface area contributed by atoms with Gasteiger partial charge in [-0.05, 0) is 15.9 Å². The SMILES string of the molecule is O=C(C1CNC1)N1CCOc2c(Br)cncc21. The van der Waals surface area contributed by atoms with E-state index in [1.54, 1.807) is 17.3 Å². The molecule has 2 aliphatic heterocycles. The van der Waals surface area contributed by atoms with Crippen molar-refractivity contribution < 1.29 is 9.53 Å². The highest BCUT2D eigenvalue weighted by molar-refractivity contribution is 9.10. The molecule has 0 atom stereocenters. The van der Waals surface area contributed by atoms with E-state index >= 15 is 0 Å². The van der Waals surface area contributed by atoms with E-state index in [0.717, 1.165) is 23.2 Å². The first-order chi connectivity index (χ1) is 8.27. The van der Waals surface area contributed by atoms with Crippen LogP contribution in [0.3, 0.4) is 0 Å². The molecule has 2 aliphatic rings. The summed E-state index contributed by atoms with van der Waals surface area (Å²) in [5.41, 5.74) is 0.766. The zero-order chi connectivity index (χ0) is 11.8. The molecule has 0 spiro atoms. The molecule has 17 heavy (non-hydrogen) atoms. The van der Waals surface area contributed by atoms with Gasteiger partial charge in [0.05, 0.1) is 23.1 Å². The van der Waals surface area contributed by atoms with Gasteiger partial charge in [0.1, 0.15) is 12.3 Å². The van der Waals surface area contributed by atoms with Crippen molar-refractivity contribution in [2.45, 2.75) is 0 Å². The number of halogens is 1. The molecule has 5 nitrogen and oxygen atoms in total. The predicted octanol–water partition coefficient (Wildman–Crippen LogP) is 0.789. The molecule has 1 N–H and O–H groups in total. The molecule has 0 aromatic carbocycles. The molecule has 3 heterocycles. The van der Waals surface area contributed by atoms with Gasteiger partial charge < -0.3 is 15.0 Å². The number of aromatic nitrogens is 1. The highest BCUT2D eigenvalue weighted by atomic mass is 79.9. The molecule has 1 aromatic rings. The van der Waals surface area contributed by atoms with Gasteiger partial charge >= 0.3 is 0 Å². The lowest BCUT2D eigenvalue weighted by molar-refractivity contribution is -0.124. The minimum atomic E-state index is 0.0972. The summed E-state index contributed by atoms with van der Waals surface area (Å²) >= 11 is 3.39. The average Bonchev–Trinajstić information content (AvgIpc) is 2.26. The zero-order valence-corrected chi connectivity index (χ0v) is 10.7. The van der Waals surface area contributed by atoms with Crippen molar-refractivity contribution in [2.75, 3.05) is 31.1 Å². The van der Waals surface area contributed by atoms with Crippen LogP contribution in [-0.4, -0.2) is 37.1 Å². The molecule has 0 radical (unpaired) electrons. The number of nitrogens with zero attached hydrogens (tertiary/aromatic N) is 2. The lowest BCUT2D eigenvalue weighted by atomic mass is 10.0. The van der Waals surface area contributed by atoms with Crippen LogP contribution in [0.2, 0.25) is 0 Å². The summed E-state index contributed by atoms with van der Waals surface area (Å²) in [4.78, 5) is 18.1. The van der Waals surface area contributed by atoms with Crippen molar-refractivity contribution >= 4 is 27.5 Å². The second-order valence-corrected chi connectivity index (χ2v) is 5.02. The van der Waals surface area contributed by atoms with Gasteiger partial charge in [-0.2, -0.15) is 0 Å². The third-order valence-corrected chi connectivity index (χ3v) is 3.65. The first-order valence-corrected chi connectivity index (χ1v) is 6.35. The lowest BCUT2D eigenvalue weighted by Gasteiger charge is -2.35. The Labute approximate surface area is 107 Å². The highest BCUT2D eigenvalue weighted by Gasteiger charge is 2.33. The maximum atomic E-state index is 12.2. The Morgan fingerprint density at radius 1 is 1.53 bits per heavy atom. The number of fused-ring (bicyclic) bond motifs is 1. The fourth-order valence-corrected chi connectivity index (χ4v) is 2.46. The van der Waals surface area contributed by atoms with Crippen molar-refractivity contribution in [1.82, 2.24) is 10.3 Å². The monoisotopic (exact) mass is 297 g/mol. The van der Waals surface area contributed by atoms with Crippen molar-refractivity contribution in [1.29, 1.82) is 0 Å². The zero-order valence-electron chi connectivity index (χ0n) is 9.15. The minimum absolute atomic E-state index is 0.0972. The van der Waals surface area contributed by atoms with Gasteiger partial charge in [0.15, 0.2) is 5.75 Å². The molecule has 6 heteroatoms. The topological polar surface area (TPSA) is 54.5 Å². The van der Waals surface area contributed by atoms with Crippen molar-refractivity contribution in [3.63, 3.8) is 0 Å². The third-order valence-electron chi connectivity index (χ3n) is 3.08. The lowest BCUT2D eigenvalue weighted by Crippen LogP contribution is -2.53. The Bertz CT molecular complexity index is 462. The number of nitrogens with one attached hydrogen (secondary N) is 1. The Balaban J connectivity index is 1.93. The maximum Gasteiger partial charge on any atom is 0.232 e. The van der Waals surface area contributed by atoms with Crippen LogP contribution in [0.25, 0.3) is 0 Å². The van der Waals surface area contributed by atoms with E-state index in [2.05, 4.69) is 26.2 Å². The highest BCUT2D eigenvalue weighted by Crippen LogP contribution is 2.37. The van der Waals surface area contributed by atoms with Crippen LogP contribution >= 0.6 is 15.9 Å². The number of carbonyl (C=O) groups excluding carboxylic acids is 1. The minimum Gasteiger partial charge on any atom is -0.488 e. The molecular formula is C11H12BrN3O2. The molecule has 1 fully saturated rings. The molecule has 0 saturated carbocycles. The Morgan fingerprint density at radius 2 is 2.35 bits per heavy atom. The second kappa shape index (κ2) is 4.27. The molecule has 3 rings (SSSR count). The molecule has 1 saturated heterocycles. The van der Waals surface area contributed by atoms with E-state index in [0.29, 0.717) is 18.9 Å². The van der Waals surface area contributed by atoms with E-state index in [9.17, 15) is 4.79 Å². The number of carbonyl (C=O) groups is 1. The number of ether oxygens (including phenoxy) is 1. The smallest absolute Gasteiger partial charge is 0.232 e. The fraction of sp³-hybridized carbons (Fsp3) is 0.455.